The van der Waals surface area contributed by atoms with Crippen molar-refractivity contribution in [1.29, 1.82) is 0 Å². The minimum absolute atomic E-state index is 1.07. The van der Waals surface area contributed by atoms with Crippen LogP contribution in [0.25, 0.3) is 0 Å². The van der Waals surface area contributed by atoms with Gasteiger partial charge in [-0.25, -0.2) is 4.98 Å². The third-order valence-corrected chi connectivity index (χ3v) is 2.97. The van der Waals surface area contributed by atoms with Gasteiger partial charge in [0.25, 0.3) is 0 Å². The Hall–Kier alpha value is -1.57. The molecule has 17 heavy (non-hydrogen) atoms. The van der Waals surface area contributed by atoms with Gasteiger partial charge < -0.3 is 4.57 Å². The molecule has 0 aliphatic carbocycles. The van der Waals surface area contributed by atoms with E-state index in [0.717, 1.165) is 19.4 Å². The van der Waals surface area contributed by atoms with Gasteiger partial charge in [0.2, 0.25) is 0 Å². The van der Waals surface area contributed by atoms with Crippen LogP contribution in [0, 0.1) is 0 Å². The summed E-state index contributed by atoms with van der Waals surface area (Å²) in [6.45, 7) is 3.29. The lowest BCUT2D eigenvalue weighted by molar-refractivity contribution is 0.623. The van der Waals surface area contributed by atoms with Crippen molar-refractivity contribution in [2.75, 3.05) is 0 Å². The molecular formula is C15H20N2. The fourth-order valence-corrected chi connectivity index (χ4v) is 2.11. The van der Waals surface area contributed by atoms with Crippen LogP contribution in [0.2, 0.25) is 0 Å². The van der Waals surface area contributed by atoms with E-state index in [4.69, 9.17) is 0 Å². The lowest BCUT2D eigenvalue weighted by atomic mass is 10.1. The van der Waals surface area contributed by atoms with Crippen LogP contribution in [0.3, 0.4) is 0 Å². The normalized spacial score (nSPS) is 10.6. The highest BCUT2D eigenvalue weighted by molar-refractivity contribution is 5.14. The molecule has 2 aromatic rings. The van der Waals surface area contributed by atoms with Crippen LogP contribution in [0.15, 0.2) is 42.7 Å². The summed E-state index contributed by atoms with van der Waals surface area (Å²) < 4.78 is 2.27. The molecule has 2 nitrogen and oxygen atoms in total. The molecule has 0 atom stereocenters. The maximum Gasteiger partial charge on any atom is 0.108 e. The summed E-state index contributed by atoms with van der Waals surface area (Å²) in [4.78, 5) is 4.43. The standard InChI is InChI=1S/C15H20N2/c1-2-12-17-13-11-16-15(17)10-6-9-14-7-4-3-5-8-14/h3-5,7-8,11,13H,2,6,9-10,12H2,1H3. The van der Waals surface area contributed by atoms with Crippen LogP contribution >= 0.6 is 0 Å². The number of hydrogen-bond acceptors (Lipinski definition) is 1. The SMILES string of the molecule is CCCn1ccnc1CCCc1ccccc1. The third kappa shape index (κ3) is 3.45. The first kappa shape index (κ1) is 11.9. The molecule has 0 saturated carbocycles. The monoisotopic (exact) mass is 228 g/mol. The average Bonchev–Trinajstić information content (AvgIpc) is 2.79. The number of nitrogens with zero attached hydrogens (tertiary/aromatic N) is 2. The minimum atomic E-state index is 1.07. The van der Waals surface area contributed by atoms with Gasteiger partial charge >= 0.3 is 0 Å². The molecule has 2 heteroatoms. The first-order valence-electron chi connectivity index (χ1n) is 6.44. The van der Waals surface area contributed by atoms with Gasteiger partial charge in [-0.1, -0.05) is 37.3 Å². The van der Waals surface area contributed by atoms with Crippen molar-refractivity contribution in [2.24, 2.45) is 0 Å². The molecule has 1 aromatic carbocycles. The van der Waals surface area contributed by atoms with E-state index in [-0.39, 0.29) is 0 Å². The van der Waals surface area contributed by atoms with E-state index in [9.17, 15) is 0 Å². The summed E-state index contributed by atoms with van der Waals surface area (Å²) in [6.07, 6.45) is 8.55. The van der Waals surface area contributed by atoms with E-state index < -0.39 is 0 Å². The number of hydrogen-bond donors (Lipinski definition) is 0. The molecule has 0 aliphatic rings. The van der Waals surface area contributed by atoms with Gasteiger partial charge in [0.15, 0.2) is 0 Å². The lowest BCUT2D eigenvalue weighted by Gasteiger charge is -2.06. The van der Waals surface area contributed by atoms with Gasteiger partial charge in [0.1, 0.15) is 5.82 Å². The number of imidazole rings is 1. The van der Waals surface area contributed by atoms with Gasteiger partial charge in [-0.15, -0.1) is 0 Å². The van der Waals surface area contributed by atoms with Gasteiger partial charge in [0.05, 0.1) is 0 Å². The van der Waals surface area contributed by atoms with Crippen LogP contribution in [0.4, 0.5) is 0 Å². The fraction of sp³-hybridized carbons (Fsp3) is 0.400. The zero-order valence-electron chi connectivity index (χ0n) is 10.5. The van der Waals surface area contributed by atoms with Gasteiger partial charge in [-0.3, -0.25) is 0 Å². The summed E-state index contributed by atoms with van der Waals surface area (Å²) in [7, 11) is 0. The Balaban J connectivity index is 1.84. The Labute approximate surface area is 103 Å². The third-order valence-electron chi connectivity index (χ3n) is 2.97. The van der Waals surface area contributed by atoms with Crippen molar-refractivity contribution in [3.8, 4) is 0 Å². The highest BCUT2D eigenvalue weighted by Crippen LogP contribution is 2.07. The predicted molar refractivity (Wildman–Crippen MR) is 71.0 cm³/mol. The second-order valence-corrected chi connectivity index (χ2v) is 4.38. The van der Waals surface area contributed by atoms with Crippen LogP contribution in [0.1, 0.15) is 31.2 Å². The van der Waals surface area contributed by atoms with Crippen molar-refractivity contribution >= 4 is 0 Å². The molecular weight excluding hydrogens is 208 g/mol. The van der Waals surface area contributed by atoms with E-state index >= 15 is 0 Å². The molecule has 0 bridgehead atoms. The maximum atomic E-state index is 4.43. The molecule has 0 aliphatic heterocycles. The van der Waals surface area contributed by atoms with E-state index in [1.54, 1.807) is 0 Å². The van der Waals surface area contributed by atoms with Crippen LogP contribution in [-0.2, 0) is 19.4 Å². The molecule has 0 amide bonds. The summed E-state index contributed by atoms with van der Waals surface area (Å²) >= 11 is 0. The highest BCUT2D eigenvalue weighted by atomic mass is 15.1. The van der Waals surface area contributed by atoms with Gasteiger partial charge in [-0.2, -0.15) is 0 Å². The Bertz CT molecular complexity index is 431. The molecule has 0 saturated heterocycles. The molecule has 90 valence electrons. The molecule has 0 radical (unpaired) electrons. The second kappa shape index (κ2) is 6.24. The quantitative estimate of drug-likeness (QED) is 0.740. The van der Waals surface area contributed by atoms with Crippen LogP contribution in [0.5, 0.6) is 0 Å². The number of benzene rings is 1. The maximum absolute atomic E-state index is 4.43. The lowest BCUT2D eigenvalue weighted by Crippen LogP contribution is -2.03. The van der Waals surface area contributed by atoms with Gasteiger partial charge in [-0.05, 0) is 24.8 Å². The van der Waals surface area contributed by atoms with E-state index in [1.165, 1.54) is 24.2 Å². The number of aryl methyl sites for hydroxylation is 3. The fourth-order valence-electron chi connectivity index (χ4n) is 2.11. The van der Waals surface area contributed by atoms with Crippen molar-refractivity contribution in [1.82, 2.24) is 9.55 Å². The Morgan fingerprint density at radius 3 is 2.71 bits per heavy atom. The summed E-state index contributed by atoms with van der Waals surface area (Å²) in [5.41, 5.74) is 1.42. The molecule has 0 spiro atoms. The first-order chi connectivity index (χ1) is 8.40. The number of rotatable bonds is 6. The second-order valence-electron chi connectivity index (χ2n) is 4.38. The smallest absolute Gasteiger partial charge is 0.108 e. The van der Waals surface area contributed by atoms with Gasteiger partial charge in [0, 0.05) is 25.4 Å². The molecule has 1 heterocycles. The summed E-state index contributed by atoms with van der Waals surface area (Å²) in [5.74, 6) is 1.22. The van der Waals surface area contributed by atoms with E-state index in [2.05, 4.69) is 53.0 Å². The predicted octanol–water partition coefficient (Wildman–Crippen LogP) is 3.47. The van der Waals surface area contributed by atoms with Crippen molar-refractivity contribution < 1.29 is 0 Å². The molecule has 0 unspecified atom stereocenters. The molecule has 1 aromatic heterocycles. The Morgan fingerprint density at radius 1 is 1.12 bits per heavy atom. The topological polar surface area (TPSA) is 17.8 Å². The summed E-state index contributed by atoms with van der Waals surface area (Å²) in [5, 5.41) is 0. The molecule has 0 fully saturated rings. The van der Waals surface area contributed by atoms with E-state index in [0.29, 0.717) is 0 Å². The van der Waals surface area contributed by atoms with Crippen molar-refractivity contribution in [2.45, 2.75) is 39.2 Å². The van der Waals surface area contributed by atoms with Crippen LogP contribution in [-0.4, -0.2) is 9.55 Å². The summed E-state index contributed by atoms with van der Waals surface area (Å²) in [6, 6.07) is 10.7. The van der Waals surface area contributed by atoms with Crippen molar-refractivity contribution in [3.05, 3.63) is 54.1 Å². The zero-order chi connectivity index (χ0) is 11.9. The van der Waals surface area contributed by atoms with Crippen molar-refractivity contribution in [3.63, 3.8) is 0 Å². The zero-order valence-corrected chi connectivity index (χ0v) is 10.5. The average molecular weight is 228 g/mol. The number of aromatic nitrogens is 2. The highest BCUT2D eigenvalue weighted by Gasteiger charge is 2.01. The molecule has 0 N–H and O–H groups in total. The minimum Gasteiger partial charge on any atom is -0.335 e. The van der Waals surface area contributed by atoms with Crippen LogP contribution < -0.4 is 0 Å². The largest absolute Gasteiger partial charge is 0.335 e. The Morgan fingerprint density at radius 2 is 1.94 bits per heavy atom. The molecule has 2 rings (SSSR count). The van der Waals surface area contributed by atoms with E-state index in [1.807, 2.05) is 6.20 Å². The Kier molecular flexibility index (Phi) is 4.37. The first-order valence-corrected chi connectivity index (χ1v) is 6.44.